The van der Waals surface area contributed by atoms with Crippen molar-refractivity contribution in [1.82, 2.24) is 5.32 Å². The normalized spacial score (nSPS) is 32.8. The molecule has 56 valence electrons. The molecule has 1 heterocycles. The maximum Gasteiger partial charge on any atom is 0.407 e. The summed E-state index contributed by atoms with van der Waals surface area (Å²) in [7, 11) is 0. The molecule has 1 saturated heterocycles. The molecule has 0 aromatic carbocycles. The van der Waals surface area contributed by atoms with Crippen molar-refractivity contribution >= 4 is 6.09 Å². The quantitative estimate of drug-likeness (QED) is 0.589. The lowest BCUT2D eigenvalue weighted by Crippen LogP contribution is -2.42. The summed E-state index contributed by atoms with van der Waals surface area (Å²) in [5.74, 6) is 0.757. The molecule has 1 amide bonds. The monoisotopic (exact) mass is 141 g/mol. The number of carbonyl (C=O) groups is 1. The molecule has 0 bridgehead atoms. The maximum absolute atomic E-state index is 10.7. The van der Waals surface area contributed by atoms with Crippen LogP contribution < -0.4 is 5.32 Å². The molecule has 1 N–H and O–H groups in total. The Morgan fingerprint density at radius 2 is 2.20 bits per heavy atom. The predicted molar refractivity (Wildman–Crippen MR) is 35.6 cm³/mol. The lowest BCUT2D eigenvalue weighted by atomic mass is 10.1. The lowest BCUT2D eigenvalue weighted by molar-refractivity contribution is 0.112. The van der Waals surface area contributed by atoms with Gasteiger partial charge in [-0.3, -0.25) is 0 Å². The van der Waals surface area contributed by atoms with Gasteiger partial charge in [-0.15, -0.1) is 0 Å². The first-order chi connectivity index (χ1) is 4.86. The van der Waals surface area contributed by atoms with Gasteiger partial charge in [-0.2, -0.15) is 0 Å². The van der Waals surface area contributed by atoms with Crippen LogP contribution in [0.1, 0.15) is 19.3 Å². The molecular formula is C7H11NO2. The standard InChI is InChI=1S/C7H11NO2/c9-7-8-6(3-4-10-7)5-1-2-5/h5-6H,1-4H2,(H,8,9). The summed E-state index contributed by atoms with van der Waals surface area (Å²) in [4.78, 5) is 10.7. The molecule has 2 rings (SSSR count). The highest BCUT2D eigenvalue weighted by Crippen LogP contribution is 2.34. The van der Waals surface area contributed by atoms with Gasteiger partial charge in [-0.05, 0) is 18.8 Å². The maximum atomic E-state index is 10.7. The Hall–Kier alpha value is -0.730. The second-order valence-corrected chi connectivity index (χ2v) is 3.01. The first-order valence-corrected chi connectivity index (χ1v) is 3.79. The fraction of sp³-hybridized carbons (Fsp3) is 0.857. The number of hydrogen-bond donors (Lipinski definition) is 1. The van der Waals surface area contributed by atoms with Crippen molar-refractivity contribution < 1.29 is 9.53 Å². The summed E-state index contributed by atoms with van der Waals surface area (Å²) in [6.45, 7) is 0.604. The van der Waals surface area contributed by atoms with E-state index in [0.717, 1.165) is 12.3 Å². The van der Waals surface area contributed by atoms with Crippen LogP contribution in [0.25, 0.3) is 0 Å². The molecule has 2 fully saturated rings. The number of hydrogen-bond acceptors (Lipinski definition) is 2. The second-order valence-electron chi connectivity index (χ2n) is 3.01. The zero-order valence-electron chi connectivity index (χ0n) is 5.80. The minimum Gasteiger partial charge on any atom is -0.449 e. The van der Waals surface area contributed by atoms with E-state index >= 15 is 0 Å². The summed E-state index contributed by atoms with van der Waals surface area (Å²) in [5, 5.41) is 2.82. The first kappa shape index (κ1) is 6.01. The van der Waals surface area contributed by atoms with Crippen LogP contribution in [0.2, 0.25) is 0 Å². The van der Waals surface area contributed by atoms with E-state index in [1.165, 1.54) is 12.8 Å². The SMILES string of the molecule is O=C1NC(C2CC2)CCO1. The Morgan fingerprint density at radius 1 is 1.40 bits per heavy atom. The van der Waals surface area contributed by atoms with Crippen LogP contribution in [-0.4, -0.2) is 18.7 Å². The minimum atomic E-state index is -0.233. The van der Waals surface area contributed by atoms with Crippen LogP contribution in [0.4, 0.5) is 4.79 Å². The highest BCUT2D eigenvalue weighted by atomic mass is 16.5. The van der Waals surface area contributed by atoms with Crippen LogP contribution in [0.15, 0.2) is 0 Å². The Bertz CT molecular complexity index is 154. The van der Waals surface area contributed by atoms with E-state index in [2.05, 4.69) is 5.32 Å². The van der Waals surface area contributed by atoms with E-state index in [-0.39, 0.29) is 6.09 Å². The van der Waals surface area contributed by atoms with Crippen LogP contribution in [0, 0.1) is 5.92 Å². The highest BCUT2D eigenvalue weighted by molar-refractivity contribution is 5.68. The first-order valence-electron chi connectivity index (χ1n) is 3.79. The molecule has 0 spiro atoms. The van der Waals surface area contributed by atoms with Crippen molar-refractivity contribution in [3.63, 3.8) is 0 Å². The molecule has 0 aromatic rings. The van der Waals surface area contributed by atoms with Crippen molar-refractivity contribution in [3.05, 3.63) is 0 Å². The zero-order chi connectivity index (χ0) is 6.97. The van der Waals surface area contributed by atoms with Gasteiger partial charge in [0.05, 0.1) is 6.61 Å². The Kier molecular flexibility index (Phi) is 1.29. The van der Waals surface area contributed by atoms with Gasteiger partial charge in [-0.25, -0.2) is 4.79 Å². The van der Waals surface area contributed by atoms with Gasteiger partial charge in [0.25, 0.3) is 0 Å². The molecule has 2 aliphatic rings. The van der Waals surface area contributed by atoms with E-state index in [0.29, 0.717) is 12.6 Å². The Balaban J connectivity index is 1.89. The summed E-state index contributed by atoms with van der Waals surface area (Å²) in [6.07, 6.45) is 3.33. The summed E-state index contributed by atoms with van der Waals surface area (Å²) >= 11 is 0. The van der Waals surface area contributed by atoms with Crippen LogP contribution >= 0.6 is 0 Å². The molecule has 1 atom stereocenters. The van der Waals surface area contributed by atoms with Crippen molar-refractivity contribution in [3.8, 4) is 0 Å². The van der Waals surface area contributed by atoms with Crippen LogP contribution in [0.5, 0.6) is 0 Å². The third-order valence-corrected chi connectivity index (χ3v) is 2.16. The number of nitrogens with one attached hydrogen (secondary N) is 1. The molecule has 1 aliphatic carbocycles. The lowest BCUT2D eigenvalue weighted by Gasteiger charge is -2.22. The fourth-order valence-corrected chi connectivity index (χ4v) is 1.40. The van der Waals surface area contributed by atoms with Gasteiger partial charge >= 0.3 is 6.09 Å². The van der Waals surface area contributed by atoms with Gasteiger partial charge in [-0.1, -0.05) is 0 Å². The third kappa shape index (κ3) is 1.08. The minimum absolute atomic E-state index is 0.233. The smallest absolute Gasteiger partial charge is 0.407 e. The third-order valence-electron chi connectivity index (χ3n) is 2.16. The molecule has 1 saturated carbocycles. The van der Waals surface area contributed by atoms with E-state index in [9.17, 15) is 4.79 Å². The zero-order valence-corrected chi connectivity index (χ0v) is 5.80. The summed E-state index contributed by atoms with van der Waals surface area (Å²) in [6, 6.07) is 0.418. The molecule has 3 nitrogen and oxygen atoms in total. The molecular weight excluding hydrogens is 130 g/mol. The number of carbonyl (C=O) groups excluding carboxylic acids is 1. The number of ether oxygens (including phenoxy) is 1. The van der Waals surface area contributed by atoms with E-state index < -0.39 is 0 Å². The average Bonchev–Trinajstić information content (AvgIpc) is 2.68. The van der Waals surface area contributed by atoms with E-state index in [1.807, 2.05) is 0 Å². The number of amides is 1. The fourth-order valence-electron chi connectivity index (χ4n) is 1.40. The molecule has 3 heteroatoms. The predicted octanol–water partition coefficient (Wildman–Crippen LogP) is 0.895. The van der Waals surface area contributed by atoms with Gasteiger partial charge in [0.2, 0.25) is 0 Å². The molecule has 0 radical (unpaired) electrons. The van der Waals surface area contributed by atoms with E-state index in [4.69, 9.17) is 4.74 Å². The highest BCUT2D eigenvalue weighted by Gasteiger charge is 2.34. The van der Waals surface area contributed by atoms with Gasteiger partial charge in [0.15, 0.2) is 0 Å². The van der Waals surface area contributed by atoms with E-state index in [1.54, 1.807) is 0 Å². The summed E-state index contributed by atoms with van der Waals surface area (Å²) in [5.41, 5.74) is 0. The molecule has 0 aromatic heterocycles. The van der Waals surface area contributed by atoms with Crippen molar-refractivity contribution in [2.45, 2.75) is 25.3 Å². The number of cyclic esters (lactones) is 1. The van der Waals surface area contributed by atoms with Crippen LogP contribution in [0.3, 0.4) is 0 Å². The number of rotatable bonds is 1. The van der Waals surface area contributed by atoms with Crippen molar-refractivity contribution in [2.24, 2.45) is 5.92 Å². The Morgan fingerprint density at radius 3 is 2.80 bits per heavy atom. The summed E-state index contributed by atoms with van der Waals surface area (Å²) < 4.78 is 4.74. The van der Waals surface area contributed by atoms with Crippen LogP contribution in [-0.2, 0) is 4.74 Å². The van der Waals surface area contributed by atoms with Crippen molar-refractivity contribution in [2.75, 3.05) is 6.61 Å². The molecule has 1 unspecified atom stereocenters. The van der Waals surface area contributed by atoms with Gasteiger partial charge < -0.3 is 10.1 Å². The number of alkyl carbamates (subject to hydrolysis) is 1. The molecule has 10 heavy (non-hydrogen) atoms. The average molecular weight is 141 g/mol. The topological polar surface area (TPSA) is 38.3 Å². The Labute approximate surface area is 59.7 Å². The van der Waals surface area contributed by atoms with Crippen molar-refractivity contribution in [1.29, 1.82) is 0 Å². The largest absolute Gasteiger partial charge is 0.449 e. The van der Waals surface area contributed by atoms with Gasteiger partial charge in [0.1, 0.15) is 0 Å². The molecule has 1 aliphatic heterocycles. The second kappa shape index (κ2) is 2.15. The van der Waals surface area contributed by atoms with Gasteiger partial charge in [0, 0.05) is 12.5 Å².